The highest BCUT2D eigenvalue weighted by atomic mass is 16.6. The Labute approximate surface area is 109 Å². The summed E-state index contributed by atoms with van der Waals surface area (Å²) in [5, 5.41) is 25.3. The van der Waals surface area contributed by atoms with Crippen molar-refractivity contribution in [1.29, 1.82) is 0 Å². The number of non-ortho nitro benzene ring substituents is 1. The number of hydrogen-bond donors (Lipinski definition) is 1. The second kappa shape index (κ2) is 6.43. The van der Waals surface area contributed by atoms with Crippen molar-refractivity contribution >= 4 is 23.3 Å². The molecule has 0 spiro atoms. The van der Waals surface area contributed by atoms with Gasteiger partial charge in [-0.25, -0.2) is 0 Å². The van der Waals surface area contributed by atoms with Gasteiger partial charge in [0.15, 0.2) is 0 Å². The van der Waals surface area contributed by atoms with Gasteiger partial charge in [0.2, 0.25) is 0 Å². The fourth-order valence-electron chi connectivity index (χ4n) is 1.22. The monoisotopic (exact) mass is 266 g/mol. The van der Waals surface area contributed by atoms with Crippen molar-refractivity contribution in [1.82, 2.24) is 0 Å². The van der Waals surface area contributed by atoms with Crippen molar-refractivity contribution in [2.45, 2.75) is 20.3 Å². The molecule has 1 atom stereocenters. The van der Waals surface area contributed by atoms with Crippen molar-refractivity contribution in [3.05, 3.63) is 38.4 Å². The number of anilines is 1. The van der Waals surface area contributed by atoms with E-state index in [1.165, 1.54) is 12.1 Å². The van der Waals surface area contributed by atoms with E-state index in [-0.39, 0.29) is 23.0 Å². The van der Waals surface area contributed by atoms with Gasteiger partial charge in [0.25, 0.3) is 5.69 Å². The van der Waals surface area contributed by atoms with Gasteiger partial charge in [-0.1, -0.05) is 13.8 Å². The molecule has 0 aliphatic rings. The number of rotatable bonds is 6. The average Bonchev–Trinajstić information content (AvgIpc) is 2.38. The van der Waals surface area contributed by atoms with E-state index in [0.717, 1.165) is 12.5 Å². The summed E-state index contributed by atoms with van der Waals surface area (Å²) < 4.78 is 0. The zero-order valence-electron chi connectivity index (χ0n) is 10.6. The van der Waals surface area contributed by atoms with Gasteiger partial charge in [-0.2, -0.15) is 5.10 Å². The molecule has 8 heteroatoms. The van der Waals surface area contributed by atoms with Crippen molar-refractivity contribution in [2.75, 3.05) is 5.43 Å². The maximum Gasteiger partial charge on any atom is 0.301 e. The molecule has 0 radical (unpaired) electrons. The summed E-state index contributed by atoms with van der Waals surface area (Å²) in [5.74, 6) is 0.240. The van der Waals surface area contributed by atoms with Gasteiger partial charge in [0.05, 0.1) is 15.9 Å². The largest absolute Gasteiger partial charge is 0.301 e. The van der Waals surface area contributed by atoms with Crippen molar-refractivity contribution in [3.63, 3.8) is 0 Å². The molecule has 102 valence electrons. The lowest BCUT2D eigenvalue weighted by Crippen LogP contribution is -2.00. The molecule has 1 rings (SSSR count). The Kier molecular flexibility index (Phi) is 4.92. The molecule has 0 aromatic heterocycles. The summed E-state index contributed by atoms with van der Waals surface area (Å²) in [4.78, 5) is 20.0. The molecular formula is C11H14N4O4. The summed E-state index contributed by atoms with van der Waals surface area (Å²) >= 11 is 0. The van der Waals surface area contributed by atoms with E-state index in [0.29, 0.717) is 0 Å². The lowest BCUT2D eigenvalue weighted by molar-refractivity contribution is -0.393. The third kappa shape index (κ3) is 4.02. The zero-order valence-corrected chi connectivity index (χ0v) is 10.6. The normalized spacial score (nSPS) is 12.3. The minimum atomic E-state index is -0.686. The summed E-state index contributed by atoms with van der Waals surface area (Å²) in [6.45, 7) is 3.94. The minimum Gasteiger partial charge on any atom is -0.272 e. The van der Waals surface area contributed by atoms with Gasteiger partial charge in [-0.3, -0.25) is 25.7 Å². The molecule has 19 heavy (non-hydrogen) atoms. The number of nitro benzene ring substituents is 2. The van der Waals surface area contributed by atoms with Crippen LogP contribution in [-0.4, -0.2) is 16.1 Å². The van der Waals surface area contributed by atoms with E-state index in [1.807, 2.05) is 13.8 Å². The molecule has 0 saturated heterocycles. The van der Waals surface area contributed by atoms with Crippen LogP contribution in [0.25, 0.3) is 0 Å². The third-order valence-corrected chi connectivity index (χ3v) is 2.55. The first-order valence-corrected chi connectivity index (χ1v) is 5.67. The van der Waals surface area contributed by atoms with Gasteiger partial charge in [-0.15, -0.1) is 0 Å². The van der Waals surface area contributed by atoms with Crippen molar-refractivity contribution < 1.29 is 9.85 Å². The molecule has 0 heterocycles. The van der Waals surface area contributed by atoms with Gasteiger partial charge >= 0.3 is 5.69 Å². The van der Waals surface area contributed by atoms with Gasteiger partial charge in [0, 0.05) is 12.3 Å². The topological polar surface area (TPSA) is 111 Å². The molecule has 0 bridgehead atoms. The van der Waals surface area contributed by atoms with Crippen LogP contribution in [-0.2, 0) is 0 Å². The highest BCUT2D eigenvalue weighted by Crippen LogP contribution is 2.28. The second-order valence-electron chi connectivity index (χ2n) is 3.99. The van der Waals surface area contributed by atoms with Crippen LogP contribution in [0.3, 0.4) is 0 Å². The van der Waals surface area contributed by atoms with Gasteiger partial charge in [-0.05, 0) is 18.4 Å². The lowest BCUT2D eigenvalue weighted by Gasteiger charge is -2.03. The molecular weight excluding hydrogens is 252 g/mol. The molecule has 0 fully saturated rings. The van der Waals surface area contributed by atoms with E-state index in [2.05, 4.69) is 10.5 Å². The Morgan fingerprint density at radius 2 is 2.05 bits per heavy atom. The molecule has 8 nitrogen and oxygen atoms in total. The fraction of sp³-hybridized carbons (Fsp3) is 0.364. The maximum atomic E-state index is 10.8. The Morgan fingerprint density at radius 3 is 2.58 bits per heavy atom. The van der Waals surface area contributed by atoms with E-state index in [4.69, 9.17) is 0 Å². The predicted octanol–water partition coefficient (Wildman–Crippen LogP) is 2.95. The predicted molar refractivity (Wildman–Crippen MR) is 71.3 cm³/mol. The van der Waals surface area contributed by atoms with Crippen molar-refractivity contribution in [2.24, 2.45) is 11.0 Å². The first-order valence-electron chi connectivity index (χ1n) is 5.67. The van der Waals surface area contributed by atoms with Crippen LogP contribution in [0.4, 0.5) is 17.1 Å². The van der Waals surface area contributed by atoms with E-state index >= 15 is 0 Å². The molecule has 0 saturated carbocycles. The second-order valence-corrected chi connectivity index (χ2v) is 3.99. The number of benzene rings is 1. The van der Waals surface area contributed by atoms with Crippen LogP contribution in [0.5, 0.6) is 0 Å². The molecule has 0 aliphatic carbocycles. The number of nitrogens with one attached hydrogen (secondary N) is 1. The first kappa shape index (κ1) is 14.6. The van der Waals surface area contributed by atoms with Crippen LogP contribution in [0, 0.1) is 26.1 Å². The maximum absolute atomic E-state index is 10.8. The average molecular weight is 266 g/mol. The third-order valence-electron chi connectivity index (χ3n) is 2.55. The smallest absolute Gasteiger partial charge is 0.272 e. The Balaban J connectivity index is 2.97. The Hall–Kier alpha value is -2.51. The van der Waals surface area contributed by atoms with Crippen molar-refractivity contribution in [3.8, 4) is 0 Å². The Morgan fingerprint density at radius 1 is 1.37 bits per heavy atom. The van der Waals surface area contributed by atoms with Crippen LogP contribution in [0.1, 0.15) is 20.3 Å². The number of nitrogens with zero attached hydrogens (tertiary/aromatic N) is 3. The molecule has 0 amide bonds. The van der Waals surface area contributed by atoms with Crippen LogP contribution < -0.4 is 5.43 Å². The summed E-state index contributed by atoms with van der Waals surface area (Å²) in [5.41, 5.74) is 1.94. The highest BCUT2D eigenvalue weighted by molar-refractivity contribution is 5.68. The summed E-state index contributed by atoms with van der Waals surface area (Å²) in [7, 11) is 0. The van der Waals surface area contributed by atoms with E-state index < -0.39 is 9.85 Å². The van der Waals surface area contributed by atoms with Gasteiger partial charge in [0.1, 0.15) is 5.69 Å². The van der Waals surface area contributed by atoms with E-state index in [9.17, 15) is 20.2 Å². The first-order chi connectivity index (χ1) is 8.95. The van der Waals surface area contributed by atoms with Gasteiger partial charge < -0.3 is 0 Å². The molecule has 1 aromatic rings. The molecule has 0 aliphatic heterocycles. The number of nitro groups is 2. The zero-order chi connectivity index (χ0) is 14.4. The number of hydrazone groups is 1. The van der Waals surface area contributed by atoms with E-state index in [1.54, 1.807) is 6.21 Å². The highest BCUT2D eigenvalue weighted by Gasteiger charge is 2.18. The number of hydrogen-bond acceptors (Lipinski definition) is 6. The minimum absolute atomic E-state index is 0.121. The Bertz CT molecular complexity index is 515. The standard InChI is InChI=1S/C11H14N4O4/c1-3-8(2)7-12-13-10-5-4-9(14(16)17)6-11(10)15(18)19/h4-8,13H,3H2,1-2H3/b12-7-/t8-/m0/s1. The lowest BCUT2D eigenvalue weighted by atomic mass is 10.1. The van der Waals surface area contributed by atoms with Crippen LogP contribution >= 0.6 is 0 Å². The van der Waals surface area contributed by atoms with Crippen LogP contribution in [0.15, 0.2) is 23.3 Å². The molecule has 0 unspecified atom stereocenters. The van der Waals surface area contributed by atoms with Crippen LogP contribution in [0.2, 0.25) is 0 Å². The molecule has 1 N–H and O–H groups in total. The SMILES string of the molecule is CC[C@H](C)/C=N\Nc1ccc([N+](=O)[O-])cc1[N+](=O)[O-]. The molecule has 1 aromatic carbocycles. The summed E-state index contributed by atoms with van der Waals surface area (Å²) in [6.07, 6.45) is 2.53. The fourth-order valence-corrected chi connectivity index (χ4v) is 1.22. The quantitative estimate of drug-likeness (QED) is 0.483. The summed E-state index contributed by atoms with van der Waals surface area (Å²) in [6, 6.07) is 3.36.